The molecule has 170 valence electrons. The summed E-state index contributed by atoms with van der Waals surface area (Å²) in [5.74, 6) is 0.753. The first-order valence-electron chi connectivity index (χ1n) is 10.2. The largest absolute Gasteiger partial charge is 1.00 e. The number of aromatic nitrogens is 4. The standard InChI is InChI=1S/C22H25N5O4.ClH/c1-25-20-19(21(29)26(2)22(25)30)27(14-24-20)11-10-23-12-16(28)13-31-18-9-5-7-15-6-3-4-8-17(15)18;/h3-9,14,16,23,28H,10-13H2,1-2H3;1H. The molecule has 0 fully saturated rings. The van der Waals surface area contributed by atoms with Gasteiger partial charge in [0.2, 0.25) is 0 Å². The van der Waals surface area contributed by atoms with E-state index in [1.807, 2.05) is 47.8 Å². The summed E-state index contributed by atoms with van der Waals surface area (Å²) < 4.78 is 10.0. The van der Waals surface area contributed by atoms with Crippen molar-refractivity contribution in [1.82, 2.24) is 18.7 Å². The second kappa shape index (κ2) is 9.99. The first-order valence-corrected chi connectivity index (χ1v) is 10.2. The molecule has 0 radical (unpaired) electrons. The number of hydrogen-bond acceptors (Lipinski definition) is 5. The number of nitrogens with zero attached hydrogens (tertiary/aromatic N) is 4. The molecule has 0 aliphatic rings. The summed E-state index contributed by atoms with van der Waals surface area (Å²) in [5, 5.41) is 14.4. The third-order valence-electron chi connectivity index (χ3n) is 5.41. The van der Waals surface area contributed by atoms with Gasteiger partial charge >= 0.3 is 5.69 Å². The van der Waals surface area contributed by atoms with Crippen LogP contribution in [0.1, 0.15) is 0 Å². The van der Waals surface area contributed by atoms with Gasteiger partial charge in [-0.2, -0.15) is 0 Å². The molecular weight excluding hydrogens is 434 g/mol. The van der Waals surface area contributed by atoms with Crippen molar-refractivity contribution >= 4 is 21.9 Å². The number of benzene rings is 2. The SMILES string of the molecule is Cn1c(=O)c2c(ncn2CC[NH2+]CC(O)COc2cccc3ccccc23)n(C)c1=O.[Cl-]. The maximum Gasteiger partial charge on any atom is 0.332 e. The molecule has 1 atom stereocenters. The Labute approximate surface area is 190 Å². The number of rotatable bonds is 8. The molecule has 3 N–H and O–H groups in total. The van der Waals surface area contributed by atoms with Crippen molar-refractivity contribution in [2.24, 2.45) is 14.1 Å². The van der Waals surface area contributed by atoms with E-state index in [2.05, 4.69) is 4.98 Å². The van der Waals surface area contributed by atoms with Gasteiger partial charge in [0.05, 0.1) is 19.4 Å². The Morgan fingerprint density at radius 3 is 2.66 bits per heavy atom. The smallest absolute Gasteiger partial charge is 0.332 e. The van der Waals surface area contributed by atoms with Gasteiger partial charge < -0.3 is 32.1 Å². The van der Waals surface area contributed by atoms with Crippen LogP contribution in [0.5, 0.6) is 5.75 Å². The van der Waals surface area contributed by atoms with Gasteiger partial charge in [-0.25, -0.2) is 9.78 Å². The highest BCUT2D eigenvalue weighted by Crippen LogP contribution is 2.25. The second-order valence-corrected chi connectivity index (χ2v) is 7.57. The number of aliphatic hydroxyl groups excluding tert-OH is 1. The van der Waals surface area contributed by atoms with Crippen LogP contribution in [-0.4, -0.2) is 49.6 Å². The van der Waals surface area contributed by atoms with E-state index >= 15 is 0 Å². The molecule has 0 aliphatic heterocycles. The van der Waals surface area contributed by atoms with Gasteiger partial charge in [0.25, 0.3) is 5.56 Å². The van der Waals surface area contributed by atoms with Gasteiger partial charge in [0.15, 0.2) is 11.2 Å². The fourth-order valence-electron chi connectivity index (χ4n) is 3.68. The van der Waals surface area contributed by atoms with E-state index in [0.717, 1.165) is 21.1 Å². The number of imidazole rings is 1. The molecule has 0 aliphatic carbocycles. The summed E-state index contributed by atoms with van der Waals surface area (Å²) in [6.07, 6.45) is 0.937. The van der Waals surface area contributed by atoms with E-state index in [9.17, 15) is 14.7 Å². The number of fused-ring (bicyclic) bond motifs is 2. The Kier molecular flexibility index (Phi) is 7.34. The summed E-state index contributed by atoms with van der Waals surface area (Å²) in [6, 6.07) is 13.8. The summed E-state index contributed by atoms with van der Waals surface area (Å²) in [4.78, 5) is 28.7. The molecule has 2 aromatic heterocycles. The Hall–Kier alpha value is -3.14. The van der Waals surface area contributed by atoms with E-state index < -0.39 is 11.8 Å². The minimum atomic E-state index is -0.632. The van der Waals surface area contributed by atoms with Crippen molar-refractivity contribution in [3.63, 3.8) is 0 Å². The zero-order valence-corrected chi connectivity index (χ0v) is 18.7. The molecule has 0 spiro atoms. The van der Waals surface area contributed by atoms with Crippen LogP contribution in [0.15, 0.2) is 58.4 Å². The van der Waals surface area contributed by atoms with Crippen molar-refractivity contribution in [3.8, 4) is 5.75 Å². The van der Waals surface area contributed by atoms with Gasteiger partial charge in [-0.1, -0.05) is 36.4 Å². The van der Waals surface area contributed by atoms with Crippen LogP contribution in [0.3, 0.4) is 0 Å². The normalized spacial score (nSPS) is 12.1. The predicted molar refractivity (Wildman–Crippen MR) is 117 cm³/mol. The summed E-state index contributed by atoms with van der Waals surface area (Å²) in [6.45, 7) is 1.83. The lowest BCUT2D eigenvalue weighted by Gasteiger charge is -2.13. The van der Waals surface area contributed by atoms with Crippen molar-refractivity contribution < 1.29 is 27.6 Å². The Morgan fingerprint density at radius 2 is 1.84 bits per heavy atom. The van der Waals surface area contributed by atoms with Gasteiger partial charge in [0, 0.05) is 19.5 Å². The maximum atomic E-state index is 12.5. The third kappa shape index (κ3) is 4.55. The number of aliphatic hydroxyl groups is 1. The molecule has 0 bridgehead atoms. The van der Waals surface area contributed by atoms with E-state index in [4.69, 9.17) is 4.74 Å². The maximum absolute atomic E-state index is 12.5. The minimum absolute atomic E-state index is 0. The topological polar surface area (TPSA) is 108 Å². The Morgan fingerprint density at radius 1 is 1.09 bits per heavy atom. The number of hydrogen-bond donors (Lipinski definition) is 2. The monoisotopic (exact) mass is 459 g/mol. The number of halogens is 1. The highest BCUT2D eigenvalue weighted by atomic mass is 35.5. The average Bonchev–Trinajstić information content (AvgIpc) is 3.21. The average molecular weight is 460 g/mol. The molecule has 0 amide bonds. The van der Waals surface area contributed by atoms with Gasteiger partial charge in [-0.05, 0) is 11.5 Å². The lowest BCUT2D eigenvalue weighted by Crippen LogP contribution is -3.00. The van der Waals surface area contributed by atoms with Crippen molar-refractivity contribution in [2.45, 2.75) is 12.6 Å². The van der Waals surface area contributed by atoms with E-state index in [0.29, 0.717) is 30.8 Å². The molecule has 10 heteroatoms. The fraction of sp³-hybridized carbons (Fsp3) is 0.318. The lowest BCUT2D eigenvalue weighted by atomic mass is 10.1. The number of ether oxygens (including phenoxy) is 1. The Balaban J connectivity index is 0.00000289. The highest BCUT2D eigenvalue weighted by molar-refractivity contribution is 5.88. The summed E-state index contributed by atoms with van der Waals surface area (Å²) in [5.41, 5.74) is 0.0113. The van der Waals surface area contributed by atoms with Crippen LogP contribution in [0.25, 0.3) is 21.9 Å². The van der Waals surface area contributed by atoms with E-state index in [1.54, 1.807) is 17.9 Å². The zero-order chi connectivity index (χ0) is 22.0. The zero-order valence-electron chi connectivity index (χ0n) is 17.9. The second-order valence-electron chi connectivity index (χ2n) is 7.57. The van der Waals surface area contributed by atoms with E-state index in [1.165, 1.54) is 11.6 Å². The number of aryl methyl sites for hydroxylation is 1. The van der Waals surface area contributed by atoms with Gasteiger partial charge in [-0.15, -0.1) is 0 Å². The first kappa shape index (κ1) is 23.5. The fourth-order valence-corrected chi connectivity index (χ4v) is 3.68. The molecule has 1 unspecified atom stereocenters. The highest BCUT2D eigenvalue weighted by Gasteiger charge is 2.15. The molecule has 9 nitrogen and oxygen atoms in total. The molecule has 0 saturated heterocycles. The van der Waals surface area contributed by atoms with Gasteiger partial charge in [-0.3, -0.25) is 13.9 Å². The number of nitrogens with two attached hydrogens (primary N) is 1. The van der Waals surface area contributed by atoms with Crippen molar-refractivity contribution in [1.29, 1.82) is 0 Å². The summed E-state index contributed by atoms with van der Waals surface area (Å²) >= 11 is 0. The molecule has 2 heterocycles. The predicted octanol–water partition coefficient (Wildman–Crippen LogP) is -3.41. The van der Waals surface area contributed by atoms with E-state index in [-0.39, 0.29) is 24.6 Å². The van der Waals surface area contributed by atoms with Crippen molar-refractivity contribution in [3.05, 3.63) is 69.6 Å². The minimum Gasteiger partial charge on any atom is -1.00 e. The van der Waals surface area contributed by atoms with Crippen LogP contribution < -0.4 is 33.7 Å². The molecule has 4 rings (SSSR count). The molecule has 4 aromatic rings. The van der Waals surface area contributed by atoms with Crippen LogP contribution in [0, 0.1) is 0 Å². The van der Waals surface area contributed by atoms with Gasteiger partial charge in [0.1, 0.15) is 25.0 Å². The quantitative estimate of drug-likeness (QED) is 0.267. The lowest BCUT2D eigenvalue weighted by molar-refractivity contribution is -0.662. The molecule has 32 heavy (non-hydrogen) atoms. The summed E-state index contributed by atoms with van der Waals surface area (Å²) in [7, 11) is 3.06. The van der Waals surface area contributed by atoms with Crippen LogP contribution in [0.4, 0.5) is 0 Å². The van der Waals surface area contributed by atoms with Crippen LogP contribution in [-0.2, 0) is 20.6 Å². The Bertz CT molecular complexity index is 1340. The molecule has 0 saturated carbocycles. The molecular formula is C22H26ClN5O4. The van der Waals surface area contributed by atoms with Crippen LogP contribution in [0.2, 0.25) is 0 Å². The van der Waals surface area contributed by atoms with Crippen molar-refractivity contribution in [2.75, 3.05) is 19.7 Å². The van der Waals surface area contributed by atoms with Crippen LogP contribution >= 0.6 is 0 Å². The number of quaternary nitrogens is 1. The third-order valence-corrected chi connectivity index (χ3v) is 5.41. The first-order chi connectivity index (χ1) is 15.0. The molecule has 2 aromatic carbocycles.